The molecule has 0 aromatic rings. The van der Waals surface area contributed by atoms with Crippen molar-refractivity contribution < 1.29 is 37.3 Å². The Labute approximate surface area is 322 Å². The zero-order valence-electron chi connectivity index (χ0n) is 34.8. The third-order valence-electron chi connectivity index (χ3n) is 9.27. The summed E-state index contributed by atoms with van der Waals surface area (Å²) in [5.74, 6) is -0.316. The summed E-state index contributed by atoms with van der Waals surface area (Å²) in [6.07, 6.45) is 40.6. The molecule has 52 heavy (non-hydrogen) atoms. The van der Waals surface area contributed by atoms with Crippen LogP contribution in [0.2, 0.25) is 0 Å². The average molecular weight is 759 g/mol. The molecule has 0 heterocycles. The van der Waals surface area contributed by atoms with Gasteiger partial charge < -0.3 is 18.9 Å². The van der Waals surface area contributed by atoms with Gasteiger partial charge in [0, 0.05) is 13.0 Å². The third kappa shape index (κ3) is 40.2. The van der Waals surface area contributed by atoms with Crippen molar-refractivity contribution in [1.82, 2.24) is 0 Å². The van der Waals surface area contributed by atoms with Crippen molar-refractivity contribution in [3.05, 3.63) is 24.3 Å². The Morgan fingerprint density at radius 3 is 1.60 bits per heavy atom. The Kier molecular flexibility index (Phi) is 36.2. The number of carbonyl (C=O) groups excluding carboxylic acids is 1. The molecule has 308 valence electrons. The molecule has 0 aromatic heterocycles. The largest absolute Gasteiger partial charge is 0.472 e. The number of phosphoric acid groups is 1. The predicted octanol–water partition coefficient (Wildman–Crippen LogP) is 12.4. The van der Waals surface area contributed by atoms with Crippen molar-refractivity contribution in [2.45, 2.75) is 193 Å². The lowest BCUT2D eigenvalue weighted by molar-refractivity contribution is -0.870. The van der Waals surface area contributed by atoms with Crippen LogP contribution in [-0.2, 0) is 27.9 Å². The first-order valence-corrected chi connectivity index (χ1v) is 23.1. The van der Waals surface area contributed by atoms with Crippen molar-refractivity contribution in [2.24, 2.45) is 0 Å². The second-order valence-corrected chi connectivity index (χ2v) is 17.2. The molecule has 0 spiro atoms. The van der Waals surface area contributed by atoms with Crippen molar-refractivity contribution in [1.29, 1.82) is 0 Å². The number of hydrogen-bond donors (Lipinski definition) is 1. The number of allylic oxidation sites excluding steroid dienone is 4. The highest BCUT2D eigenvalue weighted by Gasteiger charge is 2.26. The first kappa shape index (κ1) is 51.0. The maximum atomic E-state index is 12.7. The van der Waals surface area contributed by atoms with Gasteiger partial charge >= 0.3 is 13.8 Å². The molecule has 0 aromatic carbocycles. The first-order valence-electron chi connectivity index (χ1n) is 21.6. The fourth-order valence-corrected chi connectivity index (χ4v) is 6.62. The standard InChI is InChI=1S/C43H84NO7P/c1-6-8-10-12-14-16-18-20-22-23-25-27-29-31-33-35-38-48-40-42(41-50-52(46,47)49-39-37-44(3,4)5)51-43(45)36-34-32-30-28-26-24-21-19-17-15-13-11-9-7-2/h14,16,20,22,42H,6-13,15,17-19,21,23-41H2,1-5H3/p+1/b16-14-,22-20-. The van der Waals surface area contributed by atoms with E-state index >= 15 is 0 Å². The van der Waals surface area contributed by atoms with Crippen LogP contribution in [-0.4, -0.2) is 75.6 Å². The molecule has 0 aliphatic carbocycles. The van der Waals surface area contributed by atoms with Crippen molar-refractivity contribution in [3.63, 3.8) is 0 Å². The SMILES string of the molecule is CCCCC/C=C\C/C=C\CCCCCCCCOCC(COP(=O)(O)OCC[N+](C)(C)C)OC(=O)CCCCCCCCCCCCCCCC. The zero-order chi connectivity index (χ0) is 38.4. The summed E-state index contributed by atoms with van der Waals surface area (Å²) in [6, 6.07) is 0. The minimum atomic E-state index is -4.27. The second-order valence-electron chi connectivity index (χ2n) is 15.7. The fourth-order valence-electron chi connectivity index (χ4n) is 5.88. The van der Waals surface area contributed by atoms with Crippen LogP contribution in [0.5, 0.6) is 0 Å². The van der Waals surface area contributed by atoms with E-state index in [9.17, 15) is 14.3 Å². The van der Waals surface area contributed by atoms with Gasteiger partial charge in [0.15, 0.2) is 0 Å². The molecule has 2 atom stereocenters. The lowest BCUT2D eigenvalue weighted by Crippen LogP contribution is -2.37. The van der Waals surface area contributed by atoms with E-state index in [2.05, 4.69) is 38.2 Å². The van der Waals surface area contributed by atoms with Crippen LogP contribution in [0.15, 0.2) is 24.3 Å². The number of phosphoric ester groups is 1. The van der Waals surface area contributed by atoms with Gasteiger partial charge in [-0.25, -0.2) is 4.57 Å². The molecule has 1 N–H and O–H groups in total. The number of rotatable bonds is 40. The lowest BCUT2D eigenvalue weighted by atomic mass is 10.0. The monoisotopic (exact) mass is 759 g/mol. The molecule has 9 heteroatoms. The highest BCUT2D eigenvalue weighted by molar-refractivity contribution is 7.47. The number of nitrogens with zero attached hydrogens (tertiary/aromatic N) is 1. The molecule has 0 bridgehead atoms. The van der Waals surface area contributed by atoms with E-state index in [-0.39, 0.29) is 25.8 Å². The quantitative estimate of drug-likeness (QED) is 0.0219. The molecule has 8 nitrogen and oxygen atoms in total. The lowest BCUT2D eigenvalue weighted by Gasteiger charge is -2.24. The molecule has 0 radical (unpaired) electrons. The molecule has 0 saturated heterocycles. The van der Waals surface area contributed by atoms with Crippen molar-refractivity contribution in [3.8, 4) is 0 Å². The Balaban J connectivity index is 4.25. The van der Waals surface area contributed by atoms with E-state index in [4.69, 9.17) is 18.5 Å². The van der Waals surface area contributed by atoms with E-state index < -0.39 is 13.9 Å². The number of hydrogen-bond acceptors (Lipinski definition) is 6. The molecule has 0 amide bonds. The van der Waals surface area contributed by atoms with Crippen LogP contribution in [0.25, 0.3) is 0 Å². The van der Waals surface area contributed by atoms with E-state index in [0.717, 1.165) is 44.9 Å². The average Bonchev–Trinajstić information content (AvgIpc) is 3.09. The number of quaternary nitrogens is 1. The predicted molar refractivity (Wildman–Crippen MR) is 220 cm³/mol. The van der Waals surface area contributed by atoms with Crippen LogP contribution >= 0.6 is 7.82 Å². The van der Waals surface area contributed by atoms with Crippen LogP contribution in [0.1, 0.15) is 187 Å². The summed E-state index contributed by atoms with van der Waals surface area (Å²) < 4.78 is 35.0. The number of unbranched alkanes of at least 4 members (excludes halogenated alkanes) is 22. The van der Waals surface area contributed by atoms with Crippen LogP contribution < -0.4 is 0 Å². The van der Waals surface area contributed by atoms with Gasteiger partial charge in [-0.3, -0.25) is 13.8 Å². The van der Waals surface area contributed by atoms with E-state index in [1.807, 2.05) is 21.1 Å². The molecule has 0 aliphatic rings. The van der Waals surface area contributed by atoms with Crippen LogP contribution in [0.4, 0.5) is 0 Å². The van der Waals surface area contributed by atoms with Gasteiger partial charge in [0.05, 0.1) is 34.4 Å². The second kappa shape index (κ2) is 36.9. The molecule has 0 aliphatic heterocycles. The van der Waals surface area contributed by atoms with Gasteiger partial charge in [0.25, 0.3) is 0 Å². The molecule has 0 fully saturated rings. The normalized spacial score (nSPS) is 14.0. The number of ether oxygens (including phenoxy) is 2. The van der Waals surface area contributed by atoms with Gasteiger partial charge in [-0.15, -0.1) is 0 Å². The Morgan fingerprint density at radius 1 is 0.596 bits per heavy atom. The third-order valence-corrected chi connectivity index (χ3v) is 10.2. The smallest absolute Gasteiger partial charge is 0.457 e. The Hall–Kier alpha value is -1.02. The van der Waals surface area contributed by atoms with E-state index in [1.54, 1.807) is 0 Å². The van der Waals surface area contributed by atoms with E-state index in [1.165, 1.54) is 122 Å². The van der Waals surface area contributed by atoms with Gasteiger partial charge in [-0.1, -0.05) is 160 Å². The van der Waals surface area contributed by atoms with Crippen molar-refractivity contribution >= 4 is 13.8 Å². The Morgan fingerprint density at radius 2 is 1.06 bits per heavy atom. The Bertz CT molecular complexity index is 889. The van der Waals surface area contributed by atoms with Gasteiger partial charge in [-0.05, 0) is 44.9 Å². The molecular formula is C43H85NO7P+. The molecule has 0 saturated carbocycles. The van der Waals surface area contributed by atoms with Crippen molar-refractivity contribution in [2.75, 3.05) is 54.1 Å². The summed E-state index contributed by atoms with van der Waals surface area (Å²) in [5, 5.41) is 0. The van der Waals surface area contributed by atoms with Gasteiger partial charge in [-0.2, -0.15) is 0 Å². The summed E-state index contributed by atoms with van der Waals surface area (Å²) in [5.41, 5.74) is 0. The first-order chi connectivity index (χ1) is 25.1. The van der Waals surface area contributed by atoms with Gasteiger partial charge in [0.1, 0.15) is 19.3 Å². The number of likely N-dealkylation sites (N-methyl/N-ethyl adjacent to an activating group) is 1. The minimum Gasteiger partial charge on any atom is -0.457 e. The molecule has 2 unspecified atom stereocenters. The number of esters is 1. The van der Waals surface area contributed by atoms with Gasteiger partial charge in [0.2, 0.25) is 0 Å². The molecule has 0 rings (SSSR count). The summed E-state index contributed by atoms with van der Waals surface area (Å²) >= 11 is 0. The topological polar surface area (TPSA) is 91.3 Å². The molecular weight excluding hydrogens is 673 g/mol. The number of carbonyl (C=O) groups is 1. The fraction of sp³-hybridized carbons (Fsp3) is 0.884. The van der Waals surface area contributed by atoms with E-state index in [0.29, 0.717) is 24.1 Å². The summed E-state index contributed by atoms with van der Waals surface area (Å²) in [6.45, 7) is 5.59. The maximum Gasteiger partial charge on any atom is 0.472 e. The highest BCUT2D eigenvalue weighted by atomic mass is 31.2. The highest BCUT2D eigenvalue weighted by Crippen LogP contribution is 2.43. The maximum absolute atomic E-state index is 12.7. The minimum absolute atomic E-state index is 0.0882. The van der Waals surface area contributed by atoms with Crippen LogP contribution in [0.3, 0.4) is 0 Å². The summed E-state index contributed by atoms with van der Waals surface area (Å²) in [7, 11) is 1.67. The summed E-state index contributed by atoms with van der Waals surface area (Å²) in [4.78, 5) is 22.8. The zero-order valence-corrected chi connectivity index (χ0v) is 35.7. The van der Waals surface area contributed by atoms with Crippen LogP contribution in [0, 0.1) is 0 Å².